The highest BCUT2D eigenvalue weighted by molar-refractivity contribution is 6.31. The molecule has 0 bridgehead atoms. The Bertz CT molecular complexity index is 655. The fraction of sp³-hybridized carbons (Fsp3) is 0. The molecule has 2 aromatic rings. The Kier molecular flexibility index (Phi) is 3.43. The van der Waals surface area contributed by atoms with Crippen LogP contribution in [-0.2, 0) is 0 Å². The van der Waals surface area contributed by atoms with Gasteiger partial charge in [0.25, 0.3) is 5.91 Å². The first kappa shape index (κ1) is 12.3. The fourth-order valence-electron chi connectivity index (χ4n) is 1.38. The minimum atomic E-state index is -0.711. The number of amides is 1. The number of benzene rings is 1. The van der Waals surface area contributed by atoms with Crippen molar-refractivity contribution in [3.63, 3.8) is 0 Å². The SMILES string of the molecule is O=C(Nc1cccc(Cl)c1F)c1cc[nH]c(=O)c1. The van der Waals surface area contributed by atoms with Gasteiger partial charge in [-0.05, 0) is 18.2 Å². The first-order chi connectivity index (χ1) is 8.58. The van der Waals surface area contributed by atoms with Gasteiger partial charge in [0.15, 0.2) is 5.82 Å². The van der Waals surface area contributed by atoms with Gasteiger partial charge in [0.2, 0.25) is 5.56 Å². The summed E-state index contributed by atoms with van der Waals surface area (Å²) in [7, 11) is 0. The van der Waals surface area contributed by atoms with Gasteiger partial charge in [0.1, 0.15) is 0 Å². The summed E-state index contributed by atoms with van der Waals surface area (Å²) in [5.74, 6) is -1.29. The molecule has 0 atom stereocenters. The summed E-state index contributed by atoms with van der Waals surface area (Å²) in [5, 5.41) is 2.26. The highest BCUT2D eigenvalue weighted by Crippen LogP contribution is 2.22. The minimum Gasteiger partial charge on any atom is -0.329 e. The van der Waals surface area contributed by atoms with Crippen LogP contribution in [0.4, 0.5) is 10.1 Å². The van der Waals surface area contributed by atoms with Crippen molar-refractivity contribution in [1.82, 2.24) is 4.98 Å². The molecule has 0 aliphatic carbocycles. The number of aromatic amines is 1. The second-order valence-corrected chi connectivity index (χ2v) is 3.90. The first-order valence-corrected chi connectivity index (χ1v) is 5.40. The van der Waals surface area contributed by atoms with Crippen molar-refractivity contribution in [2.24, 2.45) is 0 Å². The maximum atomic E-state index is 13.5. The van der Waals surface area contributed by atoms with E-state index in [2.05, 4.69) is 10.3 Å². The number of H-pyrrole nitrogens is 1. The highest BCUT2D eigenvalue weighted by Gasteiger charge is 2.11. The maximum absolute atomic E-state index is 13.5. The van der Waals surface area contributed by atoms with Crippen molar-refractivity contribution in [2.45, 2.75) is 0 Å². The van der Waals surface area contributed by atoms with E-state index in [0.717, 1.165) is 6.07 Å². The molecular formula is C12H8ClFN2O2. The van der Waals surface area contributed by atoms with Crippen LogP contribution >= 0.6 is 11.6 Å². The summed E-state index contributed by atoms with van der Waals surface area (Å²) >= 11 is 5.59. The smallest absolute Gasteiger partial charge is 0.255 e. The van der Waals surface area contributed by atoms with Crippen LogP contribution in [0.1, 0.15) is 10.4 Å². The monoisotopic (exact) mass is 266 g/mol. The lowest BCUT2D eigenvalue weighted by atomic mass is 10.2. The van der Waals surface area contributed by atoms with Crippen molar-refractivity contribution in [3.05, 3.63) is 63.3 Å². The van der Waals surface area contributed by atoms with Crippen molar-refractivity contribution < 1.29 is 9.18 Å². The normalized spacial score (nSPS) is 10.1. The van der Waals surface area contributed by atoms with Crippen molar-refractivity contribution in [1.29, 1.82) is 0 Å². The zero-order valence-electron chi connectivity index (χ0n) is 9.04. The highest BCUT2D eigenvalue weighted by atomic mass is 35.5. The van der Waals surface area contributed by atoms with Gasteiger partial charge < -0.3 is 10.3 Å². The second-order valence-electron chi connectivity index (χ2n) is 3.50. The molecule has 0 aliphatic rings. The molecule has 18 heavy (non-hydrogen) atoms. The molecule has 0 fully saturated rings. The van der Waals surface area contributed by atoms with Crippen LogP contribution in [0.15, 0.2) is 41.3 Å². The number of hydrogen-bond donors (Lipinski definition) is 2. The molecule has 0 unspecified atom stereocenters. The second kappa shape index (κ2) is 5.01. The average Bonchev–Trinajstić information content (AvgIpc) is 2.35. The third-order valence-electron chi connectivity index (χ3n) is 2.24. The van der Waals surface area contributed by atoms with Crippen LogP contribution in [0.5, 0.6) is 0 Å². The standard InChI is InChI=1S/C12H8ClFN2O2/c13-8-2-1-3-9(11(8)14)16-12(18)7-4-5-15-10(17)6-7/h1-6H,(H,15,17)(H,16,18). The van der Waals surface area contributed by atoms with Crippen LogP contribution < -0.4 is 10.9 Å². The molecule has 0 saturated heterocycles. The third-order valence-corrected chi connectivity index (χ3v) is 2.53. The molecular weight excluding hydrogens is 259 g/mol. The summed E-state index contributed by atoms with van der Waals surface area (Å²) in [6, 6.07) is 6.81. The Labute approximate surface area is 106 Å². The van der Waals surface area contributed by atoms with Crippen LogP contribution in [0.25, 0.3) is 0 Å². The van der Waals surface area contributed by atoms with Gasteiger partial charge in [0, 0.05) is 17.8 Å². The molecule has 2 N–H and O–H groups in total. The Morgan fingerprint density at radius 1 is 1.33 bits per heavy atom. The summed E-state index contributed by atoms with van der Waals surface area (Å²) in [4.78, 5) is 25.2. The van der Waals surface area contributed by atoms with Gasteiger partial charge in [-0.3, -0.25) is 9.59 Å². The van der Waals surface area contributed by atoms with Crippen molar-refractivity contribution in [3.8, 4) is 0 Å². The third kappa shape index (κ3) is 2.57. The zero-order chi connectivity index (χ0) is 13.1. The van der Waals surface area contributed by atoms with E-state index < -0.39 is 17.3 Å². The molecule has 2 rings (SSSR count). The topological polar surface area (TPSA) is 62.0 Å². The van der Waals surface area contributed by atoms with E-state index in [9.17, 15) is 14.0 Å². The van der Waals surface area contributed by atoms with Gasteiger partial charge in [-0.2, -0.15) is 0 Å². The van der Waals surface area contributed by atoms with E-state index in [4.69, 9.17) is 11.6 Å². The summed E-state index contributed by atoms with van der Waals surface area (Å²) in [6.45, 7) is 0. The van der Waals surface area contributed by atoms with E-state index in [1.54, 1.807) is 0 Å². The molecule has 92 valence electrons. The van der Waals surface area contributed by atoms with Crippen molar-refractivity contribution >= 4 is 23.2 Å². The Morgan fingerprint density at radius 2 is 2.11 bits per heavy atom. The number of carbonyl (C=O) groups excluding carboxylic acids is 1. The Hall–Kier alpha value is -2.14. The molecule has 0 radical (unpaired) electrons. The Morgan fingerprint density at radius 3 is 2.83 bits per heavy atom. The molecule has 1 aromatic heterocycles. The molecule has 6 heteroatoms. The van der Waals surface area contributed by atoms with Crippen LogP contribution in [0, 0.1) is 5.82 Å². The lowest BCUT2D eigenvalue weighted by Gasteiger charge is -2.06. The number of halogens is 2. The number of pyridine rings is 1. The summed E-state index contributed by atoms with van der Waals surface area (Å²) < 4.78 is 13.5. The number of nitrogens with one attached hydrogen (secondary N) is 2. The van der Waals surface area contributed by atoms with Crippen LogP contribution in [0.3, 0.4) is 0 Å². The molecule has 1 aromatic carbocycles. The van der Waals surface area contributed by atoms with E-state index in [1.807, 2.05) is 0 Å². The van der Waals surface area contributed by atoms with E-state index in [0.29, 0.717) is 0 Å². The van der Waals surface area contributed by atoms with Gasteiger partial charge in [-0.1, -0.05) is 17.7 Å². The number of carbonyl (C=O) groups is 1. The number of anilines is 1. The maximum Gasteiger partial charge on any atom is 0.255 e. The number of aromatic nitrogens is 1. The van der Waals surface area contributed by atoms with Gasteiger partial charge in [-0.25, -0.2) is 4.39 Å². The summed E-state index contributed by atoms with van der Waals surface area (Å²) in [6.07, 6.45) is 1.34. The zero-order valence-corrected chi connectivity index (χ0v) is 9.79. The van der Waals surface area contributed by atoms with E-state index in [1.165, 1.54) is 30.5 Å². The lowest BCUT2D eigenvalue weighted by Crippen LogP contribution is -2.16. The molecule has 0 spiro atoms. The van der Waals surface area contributed by atoms with Crippen molar-refractivity contribution in [2.75, 3.05) is 5.32 Å². The predicted octanol–water partition coefficient (Wildman–Crippen LogP) is 2.42. The molecule has 1 amide bonds. The number of hydrogen-bond acceptors (Lipinski definition) is 2. The number of rotatable bonds is 2. The predicted molar refractivity (Wildman–Crippen MR) is 66.4 cm³/mol. The molecule has 0 saturated carbocycles. The van der Waals surface area contributed by atoms with Crippen LogP contribution in [-0.4, -0.2) is 10.9 Å². The Balaban J connectivity index is 2.27. The molecule has 0 aliphatic heterocycles. The average molecular weight is 267 g/mol. The van der Waals surface area contributed by atoms with Gasteiger partial charge in [-0.15, -0.1) is 0 Å². The quantitative estimate of drug-likeness (QED) is 0.877. The molecule has 4 nitrogen and oxygen atoms in total. The van der Waals surface area contributed by atoms with E-state index >= 15 is 0 Å². The first-order valence-electron chi connectivity index (χ1n) is 5.02. The van der Waals surface area contributed by atoms with E-state index in [-0.39, 0.29) is 16.3 Å². The van der Waals surface area contributed by atoms with Crippen LogP contribution in [0.2, 0.25) is 5.02 Å². The fourth-order valence-corrected chi connectivity index (χ4v) is 1.56. The van der Waals surface area contributed by atoms with Gasteiger partial charge >= 0.3 is 0 Å². The minimum absolute atomic E-state index is 0.0345. The lowest BCUT2D eigenvalue weighted by molar-refractivity contribution is 0.102. The summed E-state index contributed by atoms with van der Waals surface area (Å²) in [5.41, 5.74) is -0.305. The van der Waals surface area contributed by atoms with Gasteiger partial charge in [0.05, 0.1) is 10.7 Å². The molecule has 1 heterocycles. The largest absolute Gasteiger partial charge is 0.329 e.